The lowest BCUT2D eigenvalue weighted by atomic mass is 10.5. The van der Waals surface area contributed by atoms with Crippen molar-refractivity contribution in [2.45, 2.75) is 0 Å². The summed E-state index contributed by atoms with van der Waals surface area (Å²) in [5.74, 6) is -2.26. The molecule has 0 spiro atoms. The van der Waals surface area contributed by atoms with Gasteiger partial charge < -0.3 is 26.5 Å². The van der Waals surface area contributed by atoms with Gasteiger partial charge in [-0.1, -0.05) is 0 Å². The summed E-state index contributed by atoms with van der Waals surface area (Å²) in [6.07, 6.45) is 0. The van der Waals surface area contributed by atoms with Crippen LogP contribution in [0.2, 0.25) is 0 Å². The van der Waals surface area contributed by atoms with Crippen LogP contribution in [0.4, 0.5) is 4.79 Å². The summed E-state index contributed by atoms with van der Waals surface area (Å²) in [5.41, 5.74) is 9.43. The van der Waals surface area contributed by atoms with Gasteiger partial charge in [-0.25, -0.2) is 9.28 Å². The Hall–Kier alpha value is -1.67. The zero-order valence-electron chi connectivity index (χ0n) is 8.60. The van der Waals surface area contributed by atoms with E-state index in [1.807, 2.05) is 0 Å². The molecule has 0 unspecified atom stereocenters. The van der Waals surface area contributed by atoms with Gasteiger partial charge in [0.05, 0.1) is 26.6 Å². The number of carboxylic acids is 2. The molecule has 2 amide bonds. The summed E-state index contributed by atoms with van der Waals surface area (Å²) >= 11 is 0. The monoisotopic (exact) mass is 221 g/mol. The minimum Gasteiger partial charge on any atom is -0.544 e. The predicted molar refractivity (Wildman–Crippen MR) is 48.3 cm³/mol. The Balaban J connectivity index is 0. The highest BCUT2D eigenvalue weighted by molar-refractivity contribution is 5.71. The number of hydrogen-bond acceptors (Lipinski definition) is 5. The lowest BCUT2D eigenvalue weighted by molar-refractivity contribution is -0.802. The molecule has 8 heteroatoms. The number of carboxylic acid groups (broad SMARTS) is 2. The van der Waals surface area contributed by atoms with Crippen LogP contribution in [0.3, 0.4) is 0 Å². The highest BCUT2D eigenvalue weighted by Gasteiger charge is 2.22. The number of carbonyl (C=O) groups excluding carboxylic acids is 2. The van der Waals surface area contributed by atoms with Gasteiger partial charge in [0.25, 0.3) is 0 Å². The third-order valence-electron chi connectivity index (χ3n) is 1.30. The topological polar surface area (TPSA) is 147 Å². The highest BCUT2D eigenvalue weighted by Crippen LogP contribution is 1.93. The summed E-state index contributed by atoms with van der Waals surface area (Å²) in [6.45, 7) is -0.671. The number of likely N-dealkylation sites (N-methyl/N-ethyl adjacent to an activating group) is 1. The lowest BCUT2D eigenvalue weighted by Gasteiger charge is -2.23. The normalized spacial score (nSPS) is 9.80. The Morgan fingerprint density at radius 3 is 1.73 bits per heavy atom. The fraction of sp³-hybridized carbons (Fsp3) is 0.571. The minimum absolute atomic E-state index is 0.278. The second-order valence-corrected chi connectivity index (χ2v) is 3.15. The second kappa shape index (κ2) is 6.74. The van der Waals surface area contributed by atoms with E-state index in [1.54, 1.807) is 0 Å². The zero-order chi connectivity index (χ0) is 12.6. The molecular weight excluding hydrogens is 206 g/mol. The van der Waals surface area contributed by atoms with Crippen molar-refractivity contribution in [1.82, 2.24) is 0 Å². The van der Waals surface area contributed by atoms with E-state index in [0.717, 1.165) is 0 Å². The molecule has 0 fully saturated rings. The number of nitrogens with two attached hydrogens (primary N) is 2. The van der Waals surface area contributed by atoms with E-state index in [2.05, 4.69) is 5.73 Å². The van der Waals surface area contributed by atoms with Crippen LogP contribution in [0, 0.1) is 0 Å². The molecule has 0 heterocycles. The molecule has 0 saturated heterocycles. The van der Waals surface area contributed by atoms with Crippen molar-refractivity contribution in [3.05, 3.63) is 0 Å². The molecule has 0 aromatic heterocycles. The first-order valence-corrected chi connectivity index (χ1v) is 3.88. The average Bonchev–Trinajstić information content (AvgIpc) is 2.02. The van der Waals surface area contributed by atoms with E-state index in [-0.39, 0.29) is 11.0 Å². The fourth-order valence-electron chi connectivity index (χ4n) is 0.401. The summed E-state index contributed by atoms with van der Waals surface area (Å²) in [7, 11) is 2.80. The van der Waals surface area contributed by atoms with Crippen LogP contribution < -0.4 is 16.6 Å². The number of quaternary nitrogens is 1. The van der Waals surface area contributed by atoms with Crippen molar-refractivity contribution >= 4 is 18.0 Å². The number of carbonyl (C=O) groups is 3. The van der Waals surface area contributed by atoms with Crippen LogP contribution in [0.15, 0.2) is 0 Å². The van der Waals surface area contributed by atoms with E-state index in [1.165, 1.54) is 14.1 Å². The molecule has 0 aliphatic heterocycles. The first kappa shape index (κ1) is 15.8. The van der Waals surface area contributed by atoms with Crippen molar-refractivity contribution in [2.24, 2.45) is 11.5 Å². The predicted octanol–water partition coefficient (Wildman–Crippen LogP) is -3.08. The Labute approximate surface area is 86.7 Å². The van der Waals surface area contributed by atoms with Crippen LogP contribution in [0.5, 0.6) is 0 Å². The lowest BCUT2D eigenvalue weighted by Crippen LogP contribution is -2.54. The average molecular weight is 221 g/mol. The molecular formula is C7H15N3O5. The maximum absolute atomic E-state index is 10.5. The molecule has 0 aromatic carbocycles. The van der Waals surface area contributed by atoms with Crippen molar-refractivity contribution in [3.8, 4) is 0 Å². The van der Waals surface area contributed by atoms with Crippen molar-refractivity contribution < 1.29 is 29.1 Å². The van der Waals surface area contributed by atoms with Gasteiger partial charge in [0.2, 0.25) is 0 Å². The van der Waals surface area contributed by atoms with Gasteiger partial charge in [-0.05, 0) is 0 Å². The first-order chi connectivity index (χ1) is 6.63. The molecule has 88 valence electrons. The van der Waals surface area contributed by atoms with Gasteiger partial charge in [0, 0.05) is 0 Å². The Kier molecular flexibility index (Phi) is 7.09. The van der Waals surface area contributed by atoms with E-state index < -0.39 is 24.5 Å². The van der Waals surface area contributed by atoms with E-state index in [4.69, 9.17) is 10.8 Å². The van der Waals surface area contributed by atoms with Crippen LogP contribution in [0.25, 0.3) is 0 Å². The summed E-state index contributed by atoms with van der Waals surface area (Å²) in [5, 5.41) is 17.6. The van der Waals surface area contributed by atoms with Crippen LogP contribution >= 0.6 is 0 Å². The minimum atomic E-state index is -1.29. The Morgan fingerprint density at radius 1 is 1.33 bits per heavy atom. The van der Waals surface area contributed by atoms with Gasteiger partial charge in [-0.2, -0.15) is 0 Å². The quantitative estimate of drug-likeness (QED) is 0.430. The molecule has 0 aliphatic carbocycles. The molecule has 0 radical (unpaired) electrons. The molecule has 0 aromatic rings. The number of nitrogens with zero attached hydrogens (tertiary/aromatic N) is 1. The van der Waals surface area contributed by atoms with Gasteiger partial charge in [-0.3, -0.25) is 4.79 Å². The molecule has 0 bridgehead atoms. The van der Waals surface area contributed by atoms with Gasteiger partial charge in [0.15, 0.2) is 0 Å². The molecule has 0 rings (SSSR count). The van der Waals surface area contributed by atoms with E-state index >= 15 is 0 Å². The number of aliphatic carboxylic acids is 2. The smallest absolute Gasteiger partial charge is 0.413 e. The third-order valence-corrected chi connectivity index (χ3v) is 1.30. The Morgan fingerprint density at radius 2 is 1.67 bits per heavy atom. The summed E-state index contributed by atoms with van der Waals surface area (Å²) in [6, 6.07) is -0.691. The molecule has 0 saturated carbocycles. The fourth-order valence-corrected chi connectivity index (χ4v) is 0.401. The van der Waals surface area contributed by atoms with Crippen LogP contribution in [-0.2, 0) is 9.59 Å². The number of primary amides is 1. The maximum Gasteiger partial charge on any atom is 0.413 e. The standard InChI is InChI=1S/C5H10N2O3.C2H5NO2/c1-7(2,5(6)10)3-4(8)9;3-1-2(4)5/h3H2,1-2H3,(H2-,6,8,9,10);1,3H2,(H,4,5). The molecule has 0 atom stereocenters. The number of urea groups is 1. The van der Waals surface area contributed by atoms with E-state index in [9.17, 15) is 19.5 Å². The number of amides is 2. The van der Waals surface area contributed by atoms with E-state index in [0.29, 0.717) is 0 Å². The van der Waals surface area contributed by atoms with Crippen LogP contribution in [-0.4, -0.2) is 54.7 Å². The highest BCUT2D eigenvalue weighted by atomic mass is 16.4. The molecule has 8 nitrogen and oxygen atoms in total. The SMILES string of the molecule is C[N+](C)(CC(=O)[O-])C(N)=O.NCC(=O)O. The Bertz CT molecular complexity index is 251. The van der Waals surface area contributed by atoms with Crippen LogP contribution in [0.1, 0.15) is 0 Å². The van der Waals surface area contributed by atoms with Crippen molar-refractivity contribution in [2.75, 3.05) is 27.2 Å². The molecule has 15 heavy (non-hydrogen) atoms. The summed E-state index contributed by atoms with van der Waals surface area (Å²) in [4.78, 5) is 29.7. The number of rotatable bonds is 3. The largest absolute Gasteiger partial charge is 0.544 e. The van der Waals surface area contributed by atoms with Crippen molar-refractivity contribution in [3.63, 3.8) is 0 Å². The summed E-state index contributed by atoms with van der Waals surface area (Å²) < 4.78 is -0.387. The van der Waals surface area contributed by atoms with Gasteiger partial charge in [0.1, 0.15) is 6.54 Å². The number of hydrogen-bond donors (Lipinski definition) is 3. The zero-order valence-corrected chi connectivity index (χ0v) is 8.60. The maximum atomic E-state index is 10.5. The van der Waals surface area contributed by atoms with Gasteiger partial charge in [-0.15, -0.1) is 0 Å². The van der Waals surface area contributed by atoms with Gasteiger partial charge >= 0.3 is 12.0 Å². The third kappa shape index (κ3) is 10.2. The molecule has 5 N–H and O–H groups in total. The second-order valence-electron chi connectivity index (χ2n) is 3.15. The first-order valence-electron chi connectivity index (χ1n) is 3.88. The molecule has 0 aliphatic rings. The van der Waals surface area contributed by atoms with Crippen molar-refractivity contribution in [1.29, 1.82) is 0 Å².